The van der Waals surface area contributed by atoms with Crippen molar-refractivity contribution in [2.75, 3.05) is 24.6 Å². The average molecular weight is 295 g/mol. The van der Waals surface area contributed by atoms with Gasteiger partial charge in [0, 0.05) is 13.1 Å². The molecule has 0 bridgehead atoms. The largest absolute Gasteiger partial charge is 0.380 e. The zero-order valence-corrected chi connectivity index (χ0v) is 13.0. The van der Waals surface area contributed by atoms with E-state index >= 15 is 0 Å². The Balaban J connectivity index is 1.70. The van der Waals surface area contributed by atoms with Gasteiger partial charge in [-0.2, -0.15) is 11.8 Å². The smallest absolute Gasteiger partial charge is 0.254 e. The predicted octanol–water partition coefficient (Wildman–Crippen LogP) is 2.59. The molecule has 20 heavy (non-hydrogen) atoms. The minimum absolute atomic E-state index is 0.00595. The lowest BCUT2D eigenvalue weighted by Crippen LogP contribution is -2.55. The summed E-state index contributed by atoms with van der Waals surface area (Å²) in [7, 11) is 0. The molecule has 0 saturated carbocycles. The van der Waals surface area contributed by atoms with Crippen molar-refractivity contribution in [3.8, 4) is 0 Å². The SMILES string of the molecule is O=C(N1CCCC2(CC=CCC2)C1)C1(O)CCSCC1. The van der Waals surface area contributed by atoms with Crippen molar-refractivity contribution in [3.05, 3.63) is 12.2 Å². The van der Waals surface area contributed by atoms with E-state index in [1.54, 1.807) is 0 Å². The monoisotopic (exact) mass is 295 g/mol. The Morgan fingerprint density at radius 2 is 1.95 bits per heavy atom. The number of thioether (sulfide) groups is 1. The van der Waals surface area contributed by atoms with E-state index in [2.05, 4.69) is 12.2 Å². The molecule has 1 atom stereocenters. The zero-order valence-electron chi connectivity index (χ0n) is 12.1. The molecule has 2 heterocycles. The van der Waals surface area contributed by atoms with Crippen LogP contribution in [0, 0.1) is 5.41 Å². The van der Waals surface area contributed by atoms with Gasteiger partial charge in [-0.05, 0) is 61.9 Å². The molecule has 1 spiro atoms. The van der Waals surface area contributed by atoms with Gasteiger partial charge >= 0.3 is 0 Å². The quantitative estimate of drug-likeness (QED) is 0.756. The number of piperidine rings is 1. The second kappa shape index (κ2) is 5.72. The van der Waals surface area contributed by atoms with Gasteiger partial charge < -0.3 is 10.0 Å². The summed E-state index contributed by atoms with van der Waals surface area (Å²) in [5.41, 5.74) is -0.781. The van der Waals surface area contributed by atoms with E-state index in [0.717, 1.165) is 43.9 Å². The van der Waals surface area contributed by atoms with E-state index in [9.17, 15) is 9.90 Å². The number of nitrogens with zero attached hydrogens (tertiary/aromatic N) is 1. The summed E-state index contributed by atoms with van der Waals surface area (Å²) in [5, 5.41) is 10.7. The molecule has 1 aliphatic carbocycles. The van der Waals surface area contributed by atoms with Crippen LogP contribution in [-0.4, -0.2) is 46.1 Å². The Bertz CT molecular complexity index is 403. The number of aliphatic hydroxyl groups is 1. The zero-order chi connectivity index (χ0) is 14.1. The van der Waals surface area contributed by atoms with Crippen molar-refractivity contribution in [3.63, 3.8) is 0 Å². The summed E-state index contributed by atoms with van der Waals surface area (Å²) in [5.74, 6) is 1.82. The fraction of sp³-hybridized carbons (Fsp3) is 0.812. The molecule has 4 heteroatoms. The Morgan fingerprint density at radius 3 is 2.65 bits per heavy atom. The molecule has 1 amide bonds. The highest BCUT2D eigenvalue weighted by Gasteiger charge is 2.44. The highest BCUT2D eigenvalue weighted by molar-refractivity contribution is 7.99. The maximum Gasteiger partial charge on any atom is 0.254 e. The molecule has 2 fully saturated rings. The lowest BCUT2D eigenvalue weighted by molar-refractivity contribution is -0.156. The Labute approximate surface area is 125 Å². The van der Waals surface area contributed by atoms with Crippen LogP contribution in [0.2, 0.25) is 0 Å². The van der Waals surface area contributed by atoms with Gasteiger partial charge in [-0.3, -0.25) is 4.79 Å². The molecular weight excluding hydrogens is 270 g/mol. The van der Waals surface area contributed by atoms with Crippen LogP contribution in [0.25, 0.3) is 0 Å². The van der Waals surface area contributed by atoms with Crippen molar-refractivity contribution in [1.82, 2.24) is 4.90 Å². The van der Waals surface area contributed by atoms with Crippen LogP contribution in [0.4, 0.5) is 0 Å². The summed E-state index contributed by atoms with van der Waals surface area (Å²) in [6, 6.07) is 0. The minimum atomic E-state index is -1.08. The molecule has 0 aromatic carbocycles. The maximum atomic E-state index is 12.7. The van der Waals surface area contributed by atoms with Gasteiger partial charge in [-0.15, -0.1) is 0 Å². The third-order valence-corrected chi connectivity index (χ3v) is 6.21. The number of rotatable bonds is 1. The van der Waals surface area contributed by atoms with Crippen LogP contribution in [0.15, 0.2) is 12.2 Å². The first-order chi connectivity index (χ1) is 9.64. The molecule has 2 saturated heterocycles. The molecule has 1 unspecified atom stereocenters. The topological polar surface area (TPSA) is 40.5 Å². The van der Waals surface area contributed by atoms with Gasteiger partial charge in [-0.1, -0.05) is 12.2 Å². The first-order valence-corrected chi connectivity index (χ1v) is 9.04. The van der Waals surface area contributed by atoms with Crippen LogP contribution < -0.4 is 0 Å². The molecule has 112 valence electrons. The van der Waals surface area contributed by atoms with E-state index in [4.69, 9.17) is 0 Å². The Morgan fingerprint density at radius 1 is 1.15 bits per heavy atom. The van der Waals surface area contributed by atoms with Crippen LogP contribution in [-0.2, 0) is 4.79 Å². The average Bonchev–Trinajstić information content (AvgIpc) is 2.48. The molecule has 0 aromatic rings. The number of likely N-dealkylation sites (tertiary alicyclic amines) is 1. The summed E-state index contributed by atoms with van der Waals surface area (Å²) in [6.07, 6.45) is 11.6. The summed E-state index contributed by atoms with van der Waals surface area (Å²) < 4.78 is 0. The van der Waals surface area contributed by atoms with Crippen molar-refractivity contribution in [1.29, 1.82) is 0 Å². The second-order valence-electron chi connectivity index (χ2n) is 6.69. The Kier molecular flexibility index (Phi) is 4.14. The number of hydrogen-bond donors (Lipinski definition) is 1. The van der Waals surface area contributed by atoms with Crippen molar-refractivity contribution in [2.24, 2.45) is 5.41 Å². The Hall–Kier alpha value is -0.480. The molecule has 0 radical (unpaired) electrons. The van der Waals surface area contributed by atoms with Crippen LogP contribution in [0.3, 0.4) is 0 Å². The number of amides is 1. The van der Waals surface area contributed by atoms with Gasteiger partial charge in [-0.25, -0.2) is 0 Å². The van der Waals surface area contributed by atoms with Crippen molar-refractivity contribution < 1.29 is 9.90 Å². The van der Waals surface area contributed by atoms with Crippen LogP contribution in [0.1, 0.15) is 44.9 Å². The van der Waals surface area contributed by atoms with E-state index in [1.807, 2.05) is 16.7 Å². The second-order valence-corrected chi connectivity index (χ2v) is 7.91. The molecule has 3 rings (SSSR count). The first-order valence-electron chi connectivity index (χ1n) is 7.88. The maximum absolute atomic E-state index is 12.7. The predicted molar refractivity (Wildman–Crippen MR) is 82.7 cm³/mol. The molecule has 3 aliphatic rings. The molecule has 2 aliphatic heterocycles. The van der Waals surface area contributed by atoms with E-state index in [1.165, 1.54) is 12.8 Å². The van der Waals surface area contributed by atoms with Gasteiger partial charge in [0.2, 0.25) is 0 Å². The van der Waals surface area contributed by atoms with Gasteiger partial charge in [0.05, 0.1) is 0 Å². The summed E-state index contributed by atoms with van der Waals surface area (Å²) in [4.78, 5) is 14.7. The molecule has 3 nitrogen and oxygen atoms in total. The van der Waals surface area contributed by atoms with Gasteiger partial charge in [0.25, 0.3) is 5.91 Å². The van der Waals surface area contributed by atoms with Crippen LogP contribution >= 0.6 is 11.8 Å². The van der Waals surface area contributed by atoms with E-state index < -0.39 is 5.60 Å². The molecule has 1 N–H and O–H groups in total. The lowest BCUT2D eigenvalue weighted by atomic mass is 9.71. The summed E-state index contributed by atoms with van der Waals surface area (Å²) in [6.45, 7) is 1.69. The highest BCUT2D eigenvalue weighted by atomic mass is 32.2. The normalized spacial score (nSPS) is 33.4. The highest BCUT2D eigenvalue weighted by Crippen LogP contribution is 2.41. The number of carbonyl (C=O) groups excluding carboxylic acids is 1. The van der Waals surface area contributed by atoms with Crippen molar-refractivity contribution >= 4 is 17.7 Å². The summed E-state index contributed by atoms with van der Waals surface area (Å²) >= 11 is 1.84. The van der Waals surface area contributed by atoms with E-state index in [0.29, 0.717) is 18.3 Å². The van der Waals surface area contributed by atoms with Gasteiger partial charge in [0.1, 0.15) is 5.60 Å². The fourth-order valence-electron chi connectivity index (χ4n) is 3.91. The van der Waals surface area contributed by atoms with E-state index in [-0.39, 0.29) is 5.91 Å². The third-order valence-electron chi connectivity index (χ3n) is 5.23. The number of allylic oxidation sites excluding steroid dienone is 2. The molecular formula is C16H25NO2S. The lowest BCUT2D eigenvalue weighted by Gasteiger charge is -2.46. The number of hydrogen-bond acceptors (Lipinski definition) is 3. The number of carbonyl (C=O) groups is 1. The fourth-order valence-corrected chi connectivity index (χ4v) is 5.08. The standard InChI is InChI=1S/C16H25NO2S/c18-14(16(19)8-11-20-12-9-16)17-10-4-7-15(13-17)5-2-1-3-6-15/h1-2,19H,3-13H2. The van der Waals surface area contributed by atoms with Gasteiger partial charge in [0.15, 0.2) is 0 Å². The first kappa shape index (κ1) is 14.5. The van der Waals surface area contributed by atoms with Crippen molar-refractivity contribution in [2.45, 2.75) is 50.5 Å². The third kappa shape index (κ3) is 2.77. The van der Waals surface area contributed by atoms with Crippen LogP contribution in [0.5, 0.6) is 0 Å². The minimum Gasteiger partial charge on any atom is -0.380 e. The molecule has 0 aromatic heterocycles.